The Morgan fingerprint density at radius 1 is 1.14 bits per heavy atom. The summed E-state index contributed by atoms with van der Waals surface area (Å²) in [6.45, 7) is 6.54. The van der Waals surface area contributed by atoms with Crippen LogP contribution in [0.5, 0.6) is 0 Å². The number of hydrogen-bond acceptors (Lipinski definition) is 6. The molecule has 0 aromatic carbocycles. The third-order valence-electron chi connectivity index (χ3n) is 4.55. The maximum absolute atomic E-state index is 12.3. The number of aryl methyl sites for hydroxylation is 1. The highest BCUT2D eigenvalue weighted by molar-refractivity contribution is 7.18. The lowest BCUT2D eigenvalue weighted by atomic mass is 9.96. The van der Waals surface area contributed by atoms with E-state index in [4.69, 9.17) is 4.74 Å². The first-order valence-corrected chi connectivity index (χ1v) is 10.6. The first-order chi connectivity index (χ1) is 13.6. The molecule has 1 saturated carbocycles. The van der Waals surface area contributed by atoms with Gasteiger partial charge in [0.2, 0.25) is 5.91 Å². The Balaban J connectivity index is 1.81. The van der Waals surface area contributed by atoms with Crippen LogP contribution in [-0.2, 0) is 14.3 Å². The summed E-state index contributed by atoms with van der Waals surface area (Å²) in [7, 11) is 0. The molecule has 1 heterocycles. The molecule has 0 radical (unpaired) electrons. The van der Waals surface area contributed by atoms with Gasteiger partial charge in [-0.25, -0.2) is 9.59 Å². The van der Waals surface area contributed by atoms with Gasteiger partial charge in [0.1, 0.15) is 4.88 Å². The van der Waals surface area contributed by atoms with Crippen molar-refractivity contribution in [2.24, 2.45) is 5.41 Å². The van der Waals surface area contributed by atoms with E-state index >= 15 is 0 Å². The SMILES string of the molecule is Cc1cc(NC(=O)C(C)(C)C)sc1C(=O)OCC(=O)NC(=O)NC1CCCCC1. The maximum Gasteiger partial charge on any atom is 0.349 e. The highest BCUT2D eigenvalue weighted by atomic mass is 32.1. The molecule has 8 nitrogen and oxygen atoms in total. The van der Waals surface area contributed by atoms with Gasteiger partial charge < -0.3 is 15.4 Å². The van der Waals surface area contributed by atoms with Gasteiger partial charge in [0, 0.05) is 11.5 Å². The van der Waals surface area contributed by atoms with Crippen LogP contribution in [0.1, 0.15) is 68.1 Å². The fourth-order valence-corrected chi connectivity index (χ4v) is 3.84. The number of imide groups is 1. The highest BCUT2D eigenvalue weighted by Crippen LogP contribution is 2.29. The van der Waals surface area contributed by atoms with E-state index in [2.05, 4.69) is 16.0 Å². The number of ether oxygens (including phenoxy) is 1. The molecule has 2 rings (SSSR count). The van der Waals surface area contributed by atoms with Crippen molar-refractivity contribution in [2.75, 3.05) is 11.9 Å². The number of urea groups is 1. The minimum Gasteiger partial charge on any atom is -0.451 e. The number of rotatable bonds is 5. The van der Waals surface area contributed by atoms with Crippen LogP contribution in [-0.4, -0.2) is 36.5 Å². The fourth-order valence-electron chi connectivity index (χ4n) is 2.87. The molecule has 0 saturated heterocycles. The van der Waals surface area contributed by atoms with Crippen LogP contribution in [0.15, 0.2) is 6.07 Å². The van der Waals surface area contributed by atoms with E-state index in [0.29, 0.717) is 15.4 Å². The Morgan fingerprint density at radius 2 is 1.79 bits per heavy atom. The number of esters is 1. The van der Waals surface area contributed by atoms with Gasteiger partial charge in [-0.15, -0.1) is 11.3 Å². The third-order valence-corrected chi connectivity index (χ3v) is 5.68. The second-order valence-electron chi connectivity index (χ2n) is 8.26. The first-order valence-electron chi connectivity index (χ1n) is 9.75. The largest absolute Gasteiger partial charge is 0.451 e. The number of carbonyl (C=O) groups is 4. The molecular formula is C20H29N3O5S. The maximum atomic E-state index is 12.3. The van der Waals surface area contributed by atoms with Crippen molar-refractivity contribution < 1.29 is 23.9 Å². The van der Waals surface area contributed by atoms with Crippen molar-refractivity contribution >= 4 is 40.2 Å². The number of hydrogen-bond donors (Lipinski definition) is 3. The summed E-state index contributed by atoms with van der Waals surface area (Å²) >= 11 is 1.08. The Bertz CT molecular complexity index is 776. The molecule has 0 atom stereocenters. The van der Waals surface area contributed by atoms with Crippen LogP contribution in [0.25, 0.3) is 0 Å². The van der Waals surface area contributed by atoms with E-state index in [-0.39, 0.29) is 11.9 Å². The summed E-state index contributed by atoms with van der Waals surface area (Å²) in [6, 6.07) is 1.19. The average molecular weight is 424 g/mol. The number of anilines is 1. The highest BCUT2D eigenvalue weighted by Gasteiger charge is 2.24. The Morgan fingerprint density at radius 3 is 2.41 bits per heavy atom. The number of thiophene rings is 1. The summed E-state index contributed by atoms with van der Waals surface area (Å²) in [5, 5.41) is 8.24. The lowest BCUT2D eigenvalue weighted by molar-refractivity contribution is -0.123. The normalized spacial score (nSPS) is 14.8. The molecule has 160 valence electrons. The number of nitrogens with one attached hydrogen (secondary N) is 3. The summed E-state index contributed by atoms with van der Waals surface area (Å²) in [4.78, 5) is 48.4. The Hall–Kier alpha value is -2.42. The van der Waals surface area contributed by atoms with Gasteiger partial charge in [0.05, 0.1) is 5.00 Å². The Kier molecular flexibility index (Phi) is 7.78. The molecule has 4 amide bonds. The van der Waals surface area contributed by atoms with Gasteiger partial charge >= 0.3 is 12.0 Å². The molecular weight excluding hydrogens is 394 g/mol. The smallest absolute Gasteiger partial charge is 0.349 e. The topological polar surface area (TPSA) is 114 Å². The molecule has 3 N–H and O–H groups in total. The van der Waals surface area contributed by atoms with E-state index in [1.165, 1.54) is 6.42 Å². The zero-order chi connectivity index (χ0) is 21.6. The van der Waals surface area contributed by atoms with Gasteiger partial charge in [0.25, 0.3) is 5.91 Å². The molecule has 0 bridgehead atoms. The lowest BCUT2D eigenvalue weighted by Gasteiger charge is -2.22. The quantitative estimate of drug-likeness (QED) is 0.629. The van der Waals surface area contributed by atoms with Crippen LogP contribution in [0.3, 0.4) is 0 Å². The molecule has 0 unspecified atom stereocenters. The summed E-state index contributed by atoms with van der Waals surface area (Å²) < 4.78 is 5.01. The summed E-state index contributed by atoms with van der Waals surface area (Å²) in [5.41, 5.74) is 0.0779. The van der Waals surface area contributed by atoms with Crippen molar-refractivity contribution in [3.8, 4) is 0 Å². The van der Waals surface area contributed by atoms with Crippen LogP contribution < -0.4 is 16.0 Å². The lowest BCUT2D eigenvalue weighted by Crippen LogP contribution is -2.46. The van der Waals surface area contributed by atoms with Crippen LogP contribution in [0, 0.1) is 12.3 Å². The molecule has 1 fully saturated rings. The van der Waals surface area contributed by atoms with Crippen molar-refractivity contribution in [2.45, 2.75) is 65.8 Å². The predicted molar refractivity (Wildman–Crippen MR) is 111 cm³/mol. The minimum absolute atomic E-state index is 0.0783. The number of amides is 4. The van der Waals surface area contributed by atoms with E-state index in [1.807, 2.05) is 0 Å². The minimum atomic E-state index is -0.692. The Labute approximate surface area is 174 Å². The number of carbonyl (C=O) groups excluding carboxylic acids is 4. The molecule has 9 heteroatoms. The van der Waals surface area contributed by atoms with Gasteiger partial charge in [-0.05, 0) is 31.4 Å². The summed E-state index contributed by atoms with van der Waals surface area (Å²) in [5.74, 6) is -1.53. The van der Waals surface area contributed by atoms with E-state index in [1.54, 1.807) is 33.8 Å². The second-order valence-corrected chi connectivity index (χ2v) is 9.31. The van der Waals surface area contributed by atoms with E-state index in [9.17, 15) is 19.2 Å². The molecule has 1 aromatic heterocycles. The van der Waals surface area contributed by atoms with Gasteiger partial charge in [0.15, 0.2) is 6.61 Å². The zero-order valence-corrected chi connectivity index (χ0v) is 18.2. The van der Waals surface area contributed by atoms with Crippen molar-refractivity contribution in [3.63, 3.8) is 0 Å². The van der Waals surface area contributed by atoms with E-state index in [0.717, 1.165) is 37.0 Å². The molecule has 1 aliphatic rings. The standard InChI is InChI=1S/C20H29N3O5S/c1-12-10-15(23-18(26)20(2,3)4)29-16(12)17(25)28-11-14(24)22-19(27)21-13-8-6-5-7-9-13/h10,13H,5-9,11H2,1-4H3,(H,23,26)(H2,21,22,24,27). The molecule has 1 aromatic rings. The fraction of sp³-hybridized carbons (Fsp3) is 0.600. The monoisotopic (exact) mass is 423 g/mol. The van der Waals surface area contributed by atoms with Crippen molar-refractivity contribution in [1.82, 2.24) is 10.6 Å². The molecule has 29 heavy (non-hydrogen) atoms. The van der Waals surface area contributed by atoms with Crippen LogP contribution >= 0.6 is 11.3 Å². The third kappa shape index (κ3) is 7.16. The van der Waals surface area contributed by atoms with Gasteiger partial charge in [-0.3, -0.25) is 14.9 Å². The average Bonchev–Trinajstić information content (AvgIpc) is 3.00. The van der Waals surface area contributed by atoms with Gasteiger partial charge in [-0.1, -0.05) is 40.0 Å². The first kappa shape index (κ1) is 22.9. The summed E-state index contributed by atoms with van der Waals surface area (Å²) in [6.07, 6.45) is 5.10. The van der Waals surface area contributed by atoms with Crippen LogP contribution in [0.4, 0.5) is 9.80 Å². The molecule has 0 aliphatic heterocycles. The molecule has 0 spiro atoms. The van der Waals surface area contributed by atoms with E-state index < -0.39 is 29.9 Å². The second kappa shape index (κ2) is 9.87. The van der Waals surface area contributed by atoms with Crippen LogP contribution in [0.2, 0.25) is 0 Å². The molecule has 1 aliphatic carbocycles. The van der Waals surface area contributed by atoms with Crippen molar-refractivity contribution in [3.05, 3.63) is 16.5 Å². The zero-order valence-electron chi connectivity index (χ0n) is 17.3. The van der Waals surface area contributed by atoms with Gasteiger partial charge in [-0.2, -0.15) is 0 Å². The predicted octanol–water partition coefficient (Wildman–Crippen LogP) is 3.36. The van der Waals surface area contributed by atoms with Crippen molar-refractivity contribution in [1.29, 1.82) is 0 Å².